The predicted octanol–water partition coefficient (Wildman–Crippen LogP) is 8.19. The lowest BCUT2D eigenvalue weighted by Gasteiger charge is -2.39. The second-order valence-corrected chi connectivity index (χ2v) is 15.4. The number of ether oxygens (including phenoxy) is 1. The maximum absolute atomic E-state index is 14.9. The zero-order valence-electron chi connectivity index (χ0n) is 32.9. The number of aromatic hydroxyl groups is 1. The van der Waals surface area contributed by atoms with Crippen molar-refractivity contribution in [3.63, 3.8) is 0 Å². The molecule has 0 saturated carbocycles. The Labute approximate surface area is 330 Å². The summed E-state index contributed by atoms with van der Waals surface area (Å²) in [7, 11) is 1.41. The Bertz CT molecular complexity index is 2110. The molecule has 1 heterocycles. The number of fused-ring (bicyclic) bond motifs is 3. The van der Waals surface area contributed by atoms with Crippen molar-refractivity contribution >= 4 is 34.3 Å². The molecule has 0 bridgehead atoms. The number of ketones is 2. The fourth-order valence-electron chi connectivity index (χ4n) is 7.84. The first kappa shape index (κ1) is 42.9. The summed E-state index contributed by atoms with van der Waals surface area (Å²) < 4.78 is 62.0. The highest BCUT2D eigenvalue weighted by Crippen LogP contribution is 2.41. The van der Waals surface area contributed by atoms with Crippen LogP contribution in [0.2, 0.25) is 0 Å². The van der Waals surface area contributed by atoms with Crippen LogP contribution in [0.4, 0.5) is 17.6 Å². The van der Waals surface area contributed by atoms with E-state index < -0.39 is 52.5 Å². The van der Waals surface area contributed by atoms with Crippen LogP contribution in [0.15, 0.2) is 60.7 Å². The number of hydrogen-bond donors (Lipinski definition) is 4. The molecule has 0 radical (unpaired) electrons. The van der Waals surface area contributed by atoms with E-state index in [-0.39, 0.29) is 90.7 Å². The highest BCUT2D eigenvalue weighted by Gasteiger charge is 2.47. The van der Waals surface area contributed by atoms with E-state index in [2.05, 4.69) is 15.6 Å². The van der Waals surface area contributed by atoms with Gasteiger partial charge in [-0.15, -0.1) is 0 Å². The van der Waals surface area contributed by atoms with Crippen LogP contribution in [-0.4, -0.2) is 46.1 Å². The molecule has 306 valence electrons. The Balaban J connectivity index is 1.49. The summed E-state index contributed by atoms with van der Waals surface area (Å²) in [6.07, 6.45) is -4.25. The standard InChI is InChI=1S/C44H51F4N3O6/c1-6-25(3)31(21-29(52)20-28-11-8-9-14-35(28)45)42(56)51-43(18-17-36-33(23-43)30-12-10-13-34(40(30)50-36)44(46,47)48)39(54)22-32(26(4)7-2)41(55)49-24-27-15-16-37(53)38(19-27)57-5/h8-16,19,25-26,31-32,50,53H,6-7,17-18,20-24H2,1-5H3,(H,49,55)(H,51,56)/t25?,26?,31-,32-,43+/m0/s1. The van der Waals surface area contributed by atoms with Crippen LogP contribution in [-0.2, 0) is 51.2 Å². The summed E-state index contributed by atoms with van der Waals surface area (Å²) in [5.41, 5.74) is -0.730. The van der Waals surface area contributed by atoms with Gasteiger partial charge in [0.1, 0.15) is 17.1 Å². The third-order valence-electron chi connectivity index (χ3n) is 11.8. The first-order valence-electron chi connectivity index (χ1n) is 19.4. The van der Waals surface area contributed by atoms with Gasteiger partial charge < -0.3 is 25.5 Å². The third kappa shape index (κ3) is 9.68. The zero-order chi connectivity index (χ0) is 41.7. The second kappa shape index (κ2) is 17.9. The number of phenolic OH excluding ortho intramolecular Hbond substituents is 1. The lowest BCUT2D eigenvalue weighted by Crippen LogP contribution is -2.60. The molecule has 1 aliphatic carbocycles. The molecule has 0 fully saturated rings. The van der Waals surface area contributed by atoms with Gasteiger partial charge in [-0.05, 0) is 65.6 Å². The number of hydrogen-bond acceptors (Lipinski definition) is 6. The van der Waals surface area contributed by atoms with Crippen molar-refractivity contribution in [2.45, 2.75) is 97.3 Å². The number of carbonyl (C=O) groups excluding carboxylic acids is 4. The number of aromatic amines is 1. The van der Waals surface area contributed by atoms with E-state index in [0.29, 0.717) is 29.7 Å². The van der Waals surface area contributed by atoms with Gasteiger partial charge in [0.25, 0.3) is 0 Å². The zero-order valence-corrected chi connectivity index (χ0v) is 32.9. The van der Waals surface area contributed by atoms with Crippen LogP contribution in [0, 0.1) is 29.5 Å². The highest BCUT2D eigenvalue weighted by molar-refractivity contribution is 5.99. The van der Waals surface area contributed by atoms with Crippen molar-refractivity contribution in [3.05, 3.63) is 94.4 Å². The molecule has 1 aliphatic rings. The number of Topliss-reactive ketones (excluding diaryl/α,β-unsaturated/α-hetero) is 2. The van der Waals surface area contributed by atoms with Crippen LogP contribution in [0.3, 0.4) is 0 Å². The minimum atomic E-state index is -4.64. The lowest BCUT2D eigenvalue weighted by atomic mass is 9.72. The van der Waals surface area contributed by atoms with Crippen LogP contribution in [0.25, 0.3) is 10.9 Å². The molecule has 57 heavy (non-hydrogen) atoms. The van der Waals surface area contributed by atoms with E-state index in [1.54, 1.807) is 24.3 Å². The van der Waals surface area contributed by atoms with Crippen molar-refractivity contribution in [1.82, 2.24) is 15.6 Å². The number of phenols is 1. The van der Waals surface area contributed by atoms with Gasteiger partial charge in [-0.1, -0.05) is 76.9 Å². The molecule has 2 amide bonds. The number of amides is 2. The van der Waals surface area contributed by atoms with Gasteiger partial charge in [-0.25, -0.2) is 4.39 Å². The van der Waals surface area contributed by atoms with Crippen LogP contribution < -0.4 is 15.4 Å². The van der Waals surface area contributed by atoms with Crippen LogP contribution in [0.1, 0.15) is 87.7 Å². The molecule has 1 aromatic heterocycles. The van der Waals surface area contributed by atoms with Crippen molar-refractivity contribution in [1.29, 1.82) is 0 Å². The van der Waals surface area contributed by atoms with Crippen molar-refractivity contribution in [2.75, 3.05) is 7.11 Å². The average molecular weight is 794 g/mol. The maximum Gasteiger partial charge on any atom is 0.418 e. The summed E-state index contributed by atoms with van der Waals surface area (Å²) in [5.74, 6) is -4.46. The predicted molar refractivity (Wildman–Crippen MR) is 208 cm³/mol. The number of para-hydroxylation sites is 1. The molecule has 0 aliphatic heterocycles. The molecule has 5 rings (SSSR count). The lowest BCUT2D eigenvalue weighted by molar-refractivity contribution is -0.139. The van der Waals surface area contributed by atoms with Crippen LogP contribution in [0.5, 0.6) is 11.5 Å². The molecular weight excluding hydrogens is 742 g/mol. The molecule has 0 spiro atoms. The topological polar surface area (TPSA) is 138 Å². The van der Waals surface area contributed by atoms with Gasteiger partial charge in [-0.3, -0.25) is 19.2 Å². The molecule has 4 N–H and O–H groups in total. The number of methoxy groups -OCH3 is 1. The first-order valence-corrected chi connectivity index (χ1v) is 19.4. The molecular formula is C44H51F4N3O6. The largest absolute Gasteiger partial charge is 0.504 e. The quantitative estimate of drug-likeness (QED) is 0.0797. The van der Waals surface area contributed by atoms with E-state index >= 15 is 0 Å². The van der Waals surface area contributed by atoms with E-state index in [1.165, 1.54) is 37.4 Å². The Kier molecular flexibility index (Phi) is 13.5. The number of halogens is 4. The SMILES string of the molecule is CCC(C)[C@H](CC(=O)[C@@]1(NC(=O)[C@@H](CC(=O)Cc2ccccc2F)C(C)CC)CCc2[nH]c3c(C(F)(F)F)cccc3c2C1)C(=O)NCc1ccc(O)c(OC)c1. The molecule has 4 aromatic rings. The second-order valence-electron chi connectivity index (χ2n) is 15.4. The smallest absolute Gasteiger partial charge is 0.418 e. The van der Waals surface area contributed by atoms with Gasteiger partial charge in [0.05, 0.1) is 18.2 Å². The minimum Gasteiger partial charge on any atom is -0.504 e. The first-order chi connectivity index (χ1) is 27.0. The van der Waals surface area contributed by atoms with E-state index in [4.69, 9.17) is 4.74 Å². The van der Waals surface area contributed by atoms with Crippen molar-refractivity contribution in [3.8, 4) is 11.5 Å². The Morgan fingerprint density at radius 3 is 2.26 bits per heavy atom. The number of rotatable bonds is 17. The fourth-order valence-corrected chi connectivity index (χ4v) is 7.84. The van der Waals surface area contributed by atoms with Gasteiger partial charge in [0.15, 0.2) is 17.3 Å². The summed E-state index contributed by atoms with van der Waals surface area (Å²) >= 11 is 0. The van der Waals surface area contributed by atoms with E-state index in [9.17, 15) is 41.8 Å². The van der Waals surface area contributed by atoms with Crippen molar-refractivity contribution in [2.24, 2.45) is 23.7 Å². The number of alkyl halides is 3. The number of aromatic nitrogens is 1. The number of benzene rings is 3. The number of H-pyrrole nitrogens is 1. The Morgan fingerprint density at radius 1 is 0.930 bits per heavy atom. The minimum absolute atomic E-state index is 0.0390. The van der Waals surface area contributed by atoms with Gasteiger partial charge in [-0.2, -0.15) is 13.2 Å². The number of aryl methyl sites for hydroxylation is 1. The van der Waals surface area contributed by atoms with E-state index in [0.717, 1.165) is 6.07 Å². The molecule has 13 heteroatoms. The third-order valence-corrected chi connectivity index (χ3v) is 11.8. The Morgan fingerprint density at radius 2 is 1.61 bits per heavy atom. The summed E-state index contributed by atoms with van der Waals surface area (Å²) in [4.78, 5) is 59.6. The van der Waals surface area contributed by atoms with Gasteiger partial charge in [0, 0.05) is 55.1 Å². The number of carbonyl (C=O) groups is 4. The van der Waals surface area contributed by atoms with Gasteiger partial charge in [0.2, 0.25) is 11.8 Å². The van der Waals surface area contributed by atoms with Crippen LogP contribution >= 0.6 is 0 Å². The fraction of sp³-hybridized carbons (Fsp3) is 0.455. The molecule has 9 nitrogen and oxygen atoms in total. The summed E-state index contributed by atoms with van der Waals surface area (Å²) in [6.45, 7) is 7.51. The number of nitrogens with one attached hydrogen (secondary N) is 3. The molecule has 2 unspecified atom stereocenters. The van der Waals surface area contributed by atoms with E-state index in [1.807, 2.05) is 27.7 Å². The molecule has 3 aromatic carbocycles. The normalized spacial score (nSPS) is 17.6. The summed E-state index contributed by atoms with van der Waals surface area (Å²) in [5, 5.41) is 16.2. The highest BCUT2D eigenvalue weighted by atomic mass is 19.4. The Hall–Kier alpha value is -5.20. The summed E-state index contributed by atoms with van der Waals surface area (Å²) in [6, 6.07) is 14.4. The molecule has 0 saturated heterocycles. The van der Waals surface area contributed by atoms with Crippen molar-refractivity contribution < 1.29 is 46.6 Å². The van der Waals surface area contributed by atoms with Gasteiger partial charge >= 0.3 is 6.18 Å². The average Bonchev–Trinajstić information content (AvgIpc) is 3.56. The molecule has 5 atom stereocenters. The monoisotopic (exact) mass is 793 g/mol. The maximum atomic E-state index is 14.9.